The van der Waals surface area contributed by atoms with Crippen LogP contribution in [0.2, 0.25) is 0 Å². The number of nitrogens with one attached hydrogen (secondary N) is 1. The van der Waals surface area contributed by atoms with E-state index in [9.17, 15) is 9.59 Å². The maximum absolute atomic E-state index is 12.8. The van der Waals surface area contributed by atoms with Gasteiger partial charge in [-0.05, 0) is 47.5 Å². The molecule has 0 atom stereocenters. The Bertz CT molecular complexity index is 1040. The van der Waals surface area contributed by atoms with E-state index in [1.807, 2.05) is 48.5 Å². The van der Waals surface area contributed by atoms with Crippen molar-refractivity contribution in [3.8, 4) is 23.0 Å². The molecule has 1 amide bonds. The molecule has 0 saturated carbocycles. The van der Waals surface area contributed by atoms with E-state index in [1.165, 1.54) is 14.2 Å². The lowest BCUT2D eigenvalue weighted by molar-refractivity contribution is -0.124. The van der Waals surface area contributed by atoms with Gasteiger partial charge in [0.25, 0.3) is 5.91 Å². The molecule has 178 valence electrons. The number of hydrogen-bond donors (Lipinski definition) is 1. The van der Waals surface area contributed by atoms with E-state index in [0.29, 0.717) is 23.0 Å². The van der Waals surface area contributed by atoms with Gasteiger partial charge in [-0.2, -0.15) is 0 Å². The van der Waals surface area contributed by atoms with Crippen LogP contribution in [0.5, 0.6) is 23.0 Å². The fourth-order valence-corrected chi connectivity index (χ4v) is 3.41. The lowest BCUT2D eigenvalue weighted by atomic mass is 9.98. The molecule has 0 unspecified atom stereocenters. The molecular weight excluding hydrogens is 438 g/mol. The molecule has 1 N–H and O–H groups in total. The van der Waals surface area contributed by atoms with Gasteiger partial charge in [-0.15, -0.1) is 0 Å². The van der Waals surface area contributed by atoms with Crippen molar-refractivity contribution in [1.82, 2.24) is 5.32 Å². The monoisotopic (exact) mass is 465 g/mol. The summed E-state index contributed by atoms with van der Waals surface area (Å²) in [5.74, 6) is 0.776. The first-order valence-corrected chi connectivity index (χ1v) is 10.5. The maximum Gasteiger partial charge on any atom is 0.346 e. The summed E-state index contributed by atoms with van der Waals surface area (Å²) in [6.07, 6.45) is 0. The van der Waals surface area contributed by atoms with Crippen LogP contribution >= 0.6 is 0 Å². The van der Waals surface area contributed by atoms with Gasteiger partial charge in [-0.25, -0.2) is 4.79 Å². The molecule has 3 rings (SSSR count). The quantitative estimate of drug-likeness (QED) is 0.456. The zero-order valence-electron chi connectivity index (χ0n) is 19.5. The number of benzene rings is 3. The number of rotatable bonds is 10. The van der Waals surface area contributed by atoms with Crippen LogP contribution in [-0.4, -0.2) is 46.9 Å². The Morgan fingerprint density at radius 3 is 1.59 bits per heavy atom. The summed E-state index contributed by atoms with van der Waals surface area (Å²) in [7, 11) is 6.05. The fourth-order valence-electron chi connectivity index (χ4n) is 3.41. The van der Waals surface area contributed by atoms with Gasteiger partial charge in [-0.3, -0.25) is 4.79 Å². The average Bonchev–Trinajstić information content (AvgIpc) is 2.90. The van der Waals surface area contributed by atoms with E-state index in [2.05, 4.69) is 5.32 Å². The smallest absolute Gasteiger partial charge is 0.346 e. The normalized spacial score (nSPS) is 10.4. The number of hydrogen-bond acceptors (Lipinski definition) is 7. The third-order valence-corrected chi connectivity index (χ3v) is 5.17. The van der Waals surface area contributed by atoms with E-state index >= 15 is 0 Å². The highest BCUT2D eigenvalue weighted by molar-refractivity contribution is 5.96. The Balaban J connectivity index is 1.77. The van der Waals surface area contributed by atoms with Crippen LogP contribution in [0.25, 0.3) is 0 Å². The third kappa shape index (κ3) is 5.78. The molecular formula is C26H27NO7. The molecule has 0 aliphatic rings. The zero-order valence-corrected chi connectivity index (χ0v) is 19.5. The highest BCUT2D eigenvalue weighted by Crippen LogP contribution is 2.29. The topological polar surface area (TPSA) is 92.3 Å². The number of esters is 1. The van der Waals surface area contributed by atoms with Crippen molar-refractivity contribution in [2.24, 2.45) is 0 Å². The highest BCUT2D eigenvalue weighted by atomic mass is 16.5. The van der Waals surface area contributed by atoms with Crippen LogP contribution in [0, 0.1) is 0 Å². The van der Waals surface area contributed by atoms with Crippen molar-refractivity contribution < 1.29 is 33.3 Å². The van der Waals surface area contributed by atoms with Crippen molar-refractivity contribution in [2.45, 2.75) is 6.04 Å². The summed E-state index contributed by atoms with van der Waals surface area (Å²) in [6.45, 7) is -0.483. The number of carbonyl (C=O) groups excluding carboxylic acids is 2. The molecule has 0 bridgehead atoms. The first kappa shape index (κ1) is 24.4. The van der Waals surface area contributed by atoms with Crippen LogP contribution in [0.1, 0.15) is 27.5 Å². The number of ether oxygens (including phenoxy) is 5. The van der Waals surface area contributed by atoms with Crippen molar-refractivity contribution >= 4 is 11.9 Å². The minimum Gasteiger partial charge on any atom is -0.497 e. The Labute approximate surface area is 198 Å². The third-order valence-electron chi connectivity index (χ3n) is 5.17. The summed E-state index contributed by atoms with van der Waals surface area (Å²) in [4.78, 5) is 25.5. The van der Waals surface area contributed by atoms with Crippen LogP contribution < -0.4 is 24.3 Å². The fraction of sp³-hybridized carbons (Fsp3) is 0.231. The van der Waals surface area contributed by atoms with Gasteiger partial charge in [-0.1, -0.05) is 30.3 Å². The highest BCUT2D eigenvalue weighted by Gasteiger charge is 2.22. The predicted octanol–water partition coefficient (Wildman–Crippen LogP) is 3.78. The molecule has 3 aromatic rings. The van der Waals surface area contributed by atoms with Crippen LogP contribution in [0.15, 0.2) is 66.7 Å². The summed E-state index contributed by atoms with van der Waals surface area (Å²) < 4.78 is 26.2. The molecule has 8 heteroatoms. The molecule has 0 radical (unpaired) electrons. The van der Waals surface area contributed by atoms with Crippen LogP contribution in [0.3, 0.4) is 0 Å². The molecule has 0 aliphatic heterocycles. The number of amides is 1. The summed E-state index contributed by atoms with van der Waals surface area (Å²) in [5, 5.41) is 2.93. The molecule has 0 saturated heterocycles. The zero-order chi connectivity index (χ0) is 24.5. The van der Waals surface area contributed by atoms with Gasteiger partial charge >= 0.3 is 5.97 Å². The van der Waals surface area contributed by atoms with Gasteiger partial charge in [0.2, 0.25) is 0 Å². The Morgan fingerprint density at radius 2 is 1.18 bits per heavy atom. The van der Waals surface area contributed by atoms with Crippen molar-refractivity contribution in [3.05, 3.63) is 83.4 Å². The summed E-state index contributed by atoms with van der Waals surface area (Å²) >= 11 is 0. The standard InChI is InChI=1S/C26H27NO7/c1-30-19-12-8-17(9-13-19)25(18-10-14-20(31-2)15-11-18)27-23(28)16-34-26(29)24-21(32-3)6-5-7-22(24)33-4/h5-15,25H,16H2,1-4H3,(H,27,28). The van der Waals surface area contributed by atoms with Gasteiger partial charge < -0.3 is 29.0 Å². The molecule has 8 nitrogen and oxygen atoms in total. The molecule has 0 heterocycles. The average molecular weight is 466 g/mol. The lowest BCUT2D eigenvalue weighted by Crippen LogP contribution is -2.33. The van der Waals surface area contributed by atoms with E-state index in [-0.39, 0.29) is 5.56 Å². The van der Waals surface area contributed by atoms with Crippen molar-refractivity contribution in [1.29, 1.82) is 0 Å². The van der Waals surface area contributed by atoms with Gasteiger partial charge in [0.05, 0.1) is 34.5 Å². The van der Waals surface area contributed by atoms with Gasteiger partial charge in [0, 0.05) is 0 Å². The number of carbonyl (C=O) groups is 2. The van der Waals surface area contributed by atoms with E-state index in [4.69, 9.17) is 23.7 Å². The Hall–Kier alpha value is -4.20. The molecule has 0 fully saturated rings. The molecule has 34 heavy (non-hydrogen) atoms. The first-order chi connectivity index (χ1) is 16.5. The maximum atomic E-state index is 12.8. The summed E-state index contributed by atoms with van der Waals surface area (Å²) in [5.41, 5.74) is 1.77. The van der Waals surface area contributed by atoms with Crippen molar-refractivity contribution in [3.63, 3.8) is 0 Å². The Kier molecular flexibility index (Phi) is 8.34. The minimum absolute atomic E-state index is 0.113. The van der Waals surface area contributed by atoms with Gasteiger partial charge in [0.1, 0.15) is 28.6 Å². The predicted molar refractivity (Wildman–Crippen MR) is 126 cm³/mol. The lowest BCUT2D eigenvalue weighted by Gasteiger charge is -2.20. The van der Waals surface area contributed by atoms with E-state index in [0.717, 1.165) is 11.1 Å². The van der Waals surface area contributed by atoms with Crippen molar-refractivity contribution in [2.75, 3.05) is 35.0 Å². The largest absolute Gasteiger partial charge is 0.497 e. The number of methoxy groups -OCH3 is 4. The SMILES string of the molecule is COc1ccc(C(NC(=O)COC(=O)c2c(OC)cccc2OC)c2ccc(OC)cc2)cc1. The second-order valence-corrected chi connectivity index (χ2v) is 7.16. The van der Waals surface area contributed by atoms with E-state index in [1.54, 1.807) is 32.4 Å². The molecule has 0 aromatic heterocycles. The second kappa shape index (κ2) is 11.6. The molecule has 0 spiro atoms. The van der Waals surface area contributed by atoms with Crippen LogP contribution in [0.4, 0.5) is 0 Å². The molecule has 0 aliphatic carbocycles. The molecule has 3 aromatic carbocycles. The van der Waals surface area contributed by atoms with Crippen LogP contribution in [-0.2, 0) is 9.53 Å². The Morgan fingerprint density at radius 1 is 0.706 bits per heavy atom. The first-order valence-electron chi connectivity index (χ1n) is 10.5. The summed E-state index contributed by atoms with van der Waals surface area (Å²) in [6, 6.07) is 19.1. The van der Waals surface area contributed by atoms with E-state index < -0.39 is 24.5 Å². The second-order valence-electron chi connectivity index (χ2n) is 7.16. The minimum atomic E-state index is -0.727. The van der Waals surface area contributed by atoms with Gasteiger partial charge in [0.15, 0.2) is 6.61 Å².